The Labute approximate surface area is 189 Å². The van der Waals surface area contributed by atoms with Gasteiger partial charge in [-0.3, -0.25) is 4.79 Å². The zero-order valence-electron chi connectivity index (χ0n) is 19.0. The monoisotopic (exact) mass is 438 g/mol. The number of nitrogens with one attached hydrogen (secondary N) is 1. The Morgan fingerprint density at radius 2 is 1.90 bits per heavy atom. The minimum Gasteiger partial charge on any atom is -0.345 e. The molecule has 5 heteroatoms. The second kappa shape index (κ2) is 10.3. The van der Waals surface area contributed by atoms with Crippen molar-refractivity contribution in [3.05, 3.63) is 70.5 Å². The Balaban J connectivity index is 1.99. The summed E-state index contributed by atoms with van der Waals surface area (Å²) in [4.78, 5) is 16.2. The topological polar surface area (TPSA) is 32.3 Å². The van der Waals surface area contributed by atoms with Crippen LogP contribution >= 0.6 is 11.8 Å². The zero-order chi connectivity index (χ0) is 22.5. The fraction of sp³-hybridized carbons (Fsp3) is 0.346. The van der Waals surface area contributed by atoms with Gasteiger partial charge in [-0.25, -0.2) is 4.39 Å². The summed E-state index contributed by atoms with van der Waals surface area (Å²) in [5.74, 6) is -0.562. The molecule has 2 aromatic carbocycles. The number of allylic oxidation sites excluding steroid dienone is 2. The van der Waals surface area contributed by atoms with Crippen molar-refractivity contribution in [3.63, 3.8) is 0 Å². The van der Waals surface area contributed by atoms with E-state index in [1.807, 2.05) is 34.0 Å². The fourth-order valence-corrected chi connectivity index (χ4v) is 4.60. The molecule has 1 aliphatic rings. The lowest BCUT2D eigenvalue weighted by Gasteiger charge is -2.23. The SMILES string of the molecule is CNCCCN(C)C(=O)C(C)C1=C(C)/C(=C/c2ccc(SC)cc2)c2ccc(F)cc21. The van der Waals surface area contributed by atoms with Gasteiger partial charge in [-0.2, -0.15) is 0 Å². The molecule has 1 atom stereocenters. The molecule has 1 N–H and O–H groups in total. The third-order valence-corrected chi connectivity index (χ3v) is 6.64. The van der Waals surface area contributed by atoms with Crippen LogP contribution in [0.25, 0.3) is 17.2 Å². The highest BCUT2D eigenvalue weighted by Crippen LogP contribution is 2.46. The average Bonchev–Trinajstić information content (AvgIpc) is 3.03. The van der Waals surface area contributed by atoms with Gasteiger partial charge < -0.3 is 10.2 Å². The van der Waals surface area contributed by atoms with Gasteiger partial charge in [0.1, 0.15) is 5.82 Å². The van der Waals surface area contributed by atoms with Crippen LogP contribution in [0.4, 0.5) is 4.39 Å². The molecule has 0 bridgehead atoms. The Morgan fingerprint density at radius 3 is 2.55 bits per heavy atom. The summed E-state index contributed by atoms with van der Waals surface area (Å²) in [6.07, 6.45) is 5.09. The molecule has 0 saturated carbocycles. The van der Waals surface area contributed by atoms with Crippen LogP contribution in [0, 0.1) is 11.7 Å². The lowest BCUT2D eigenvalue weighted by atomic mass is 9.92. The number of benzene rings is 2. The molecule has 0 aliphatic heterocycles. The number of rotatable bonds is 8. The first-order valence-electron chi connectivity index (χ1n) is 10.6. The van der Waals surface area contributed by atoms with Gasteiger partial charge in [-0.1, -0.05) is 18.2 Å². The summed E-state index contributed by atoms with van der Waals surface area (Å²) in [5.41, 5.74) is 5.92. The van der Waals surface area contributed by atoms with Gasteiger partial charge >= 0.3 is 0 Å². The molecular formula is C26H31FN2OS. The van der Waals surface area contributed by atoms with Gasteiger partial charge in [0, 0.05) is 18.5 Å². The predicted molar refractivity (Wildman–Crippen MR) is 130 cm³/mol. The van der Waals surface area contributed by atoms with E-state index in [4.69, 9.17) is 0 Å². The average molecular weight is 439 g/mol. The van der Waals surface area contributed by atoms with Crippen molar-refractivity contribution in [2.75, 3.05) is 33.4 Å². The van der Waals surface area contributed by atoms with E-state index in [0.717, 1.165) is 46.4 Å². The molecule has 0 heterocycles. The zero-order valence-corrected chi connectivity index (χ0v) is 19.8. The number of carbonyl (C=O) groups is 1. The Kier molecular flexibility index (Phi) is 7.74. The van der Waals surface area contributed by atoms with Crippen molar-refractivity contribution in [1.29, 1.82) is 0 Å². The highest BCUT2D eigenvalue weighted by Gasteiger charge is 2.31. The lowest BCUT2D eigenvalue weighted by molar-refractivity contribution is -0.131. The standard InChI is InChI=1S/C26H31FN2OS/c1-17-23(15-19-7-10-21(31-5)11-8-19)22-12-9-20(27)16-24(22)25(17)18(2)26(30)29(4)14-6-13-28-3/h7-12,15-16,18,28H,6,13-14H2,1-5H3/b23-15-. The molecular weight excluding hydrogens is 407 g/mol. The summed E-state index contributed by atoms with van der Waals surface area (Å²) in [6.45, 7) is 5.53. The van der Waals surface area contributed by atoms with E-state index in [1.165, 1.54) is 11.0 Å². The van der Waals surface area contributed by atoms with Crippen LogP contribution in [0.3, 0.4) is 0 Å². The first kappa shape index (κ1) is 23.3. The molecule has 3 rings (SSSR count). The largest absolute Gasteiger partial charge is 0.345 e. The highest BCUT2D eigenvalue weighted by atomic mass is 32.2. The van der Waals surface area contributed by atoms with Gasteiger partial charge in [-0.15, -0.1) is 11.8 Å². The van der Waals surface area contributed by atoms with Crippen LogP contribution in [0.5, 0.6) is 0 Å². The van der Waals surface area contributed by atoms with Crippen molar-refractivity contribution in [2.24, 2.45) is 5.92 Å². The number of hydrogen-bond acceptors (Lipinski definition) is 3. The Hall–Kier alpha value is -2.37. The normalized spacial score (nSPS) is 15.4. The van der Waals surface area contributed by atoms with Crippen molar-refractivity contribution >= 4 is 34.9 Å². The van der Waals surface area contributed by atoms with Crippen molar-refractivity contribution in [2.45, 2.75) is 25.2 Å². The maximum absolute atomic E-state index is 14.2. The number of fused-ring (bicyclic) bond motifs is 1. The van der Waals surface area contributed by atoms with Crippen LogP contribution in [0.1, 0.15) is 37.0 Å². The number of amides is 1. The summed E-state index contributed by atoms with van der Waals surface area (Å²) < 4.78 is 14.2. The van der Waals surface area contributed by atoms with E-state index in [1.54, 1.807) is 22.7 Å². The van der Waals surface area contributed by atoms with Crippen LogP contribution in [0.15, 0.2) is 52.9 Å². The molecule has 0 spiro atoms. The number of carbonyl (C=O) groups excluding carboxylic acids is 1. The Bertz CT molecular complexity index is 1010. The highest BCUT2D eigenvalue weighted by molar-refractivity contribution is 7.98. The van der Waals surface area contributed by atoms with Gasteiger partial charge in [0.25, 0.3) is 0 Å². The van der Waals surface area contributed by atoms with Crippen LogP contribution < -0.4 is 5.32 Å². The van der Waals surface area contributed by atoms with Gasteiger partial charge in [-0.05, 0) is 104 Å². The lowest BCUT2D eigenvalue weighted by Crippen LogP contribution is -2.34. The van der Waals surface area contributed by atoms with Crippen LogP contribution in [-0.4, -0.2) is 44.2 Å². The quantitative estimate of drug-likeness (QED) is 0.431. The molecule has 1 aliphatic carbocycles. The summed E-state index contributed by atoms with van der Waals surface area (Å²) in [5, 5.41) is 3.11. The molecule has 3 nitrogen and oxygen atoms in total. The molecule has 1 unspecified atom stereocenters. The Morgan fingerprint density at radius 1 is 1.19 bits per heavy atom. The third-order valence-electron chi connectivity index (χ3n) is 5.90. The fourth-order valence-electron chi connectivity index (χ4n) is 4.19. The number of thioether (sulfide) groups is 1. The first-order valence-corrected chi connectivity index (χ1v) is 11.9. The predicted octanol–water partition coefficient (Wildman–Crippen LogP) is 5.58. The second-order valence-corrected chi connectivity index (χ2v) is 8.88. The minimum absolute atomic E-state index is 0.0613. The van der Waals surface area contributed by atoms with E-state index >= 15 is 0 Å². The molecule has 164 valence electrons. The van der Waals surface area contributed by atoms with E-state index in [9.17, 15) is 9.18 Å². The van der Waals surface area contributed by atoms with Gasteiger partial charge in [0.05, 0.1) is 5.92 Å². The van der Waals surface area contributed by atoms with Gasteiger partial charge in [0.15, 0.2) is 0 Å². The van der Waals surface area contributed by atoms with Crippen molar-refractivity contribution in [1.82, 2.24) is 10.2 Å². The van der Waals surface area contributed by atoms with Crippen LogP contribution in [0.2, 0.25) is 0 Å². The first-order chi connectivity index (χ1) is 14.9. The molecule has 2 aromatic rings. The molecule has 0 radical (unpaired) electrons. The van der Waals surface area contributed by atoms with Crippen molar-refractivity contribution < 1.29 is 9.18 Å². The molecule has 1 amide bonds. The number of nitrogens with zero attached hydrogens (tertiary/aromatic N) is 1. The smallest absolute Gasteiger partial charge is 0.229 e. The summed E-state index contributed by atoms with van der Waals surface area (Å²) >= 11 is 1.71. The maximum Gasteiger partial charge on any atom is 0.229 e. The van der Waals surface area contributed by atoms with Crippen molar-refractivity contribution in [3.8, 4) is 0 Å². The maximum atomic E-state index is 14.2. The third kappa shape index (κ3) is 5.10. The summed E-state index contributed by atoms with van der Waals surface area (Å²) in [6, 6.07) is 13.3. The van der Waals surface area contributed by atoms with Gasteiger partial charge in [0.2, 0.25) is 5.91 Å². The minimum atomic E-state index is -0.343. The summed E-state index contributed by atoms with van der Waals surface area (Å²) in [7, 11) is 3.75. The van der Waals surface area contributed by atoms with E-state index in [-0.39, 0.29) is 17.6 Å². The molecule has 0 fully saturated rings. The van der Waals surface area contributed by atoms with Crippen LogP contribution in [-0.2, 0) is 4.79 Å². The second-order valence-electron chi connectivity index (χ2n) is 8.00. The van der Waals surface area contributed by atoms with E-state index in [0.29, 0.717) is 6.54 Å². The number of halogens is 1. The molecule has 0 aromatic heterocycles. The number of hydrogen-bond donors (Lipinski definition) is 1. The molecule has 31 heavy (non-hydrogen) atoms. The molecule has 0 saturated heterocycles. The van der Waals surface area contributed by atoms with E-state index < -0.39 is 0 Å². The van der Waals surface area contributed by atoms with E-state index in [2.05, 4.69) is 41.9 Å².